The summed E-state index contributed by atoms with van der Waals surface area (Å²) in [5.74, 6) is 1.02. The fraction of sp³-hybridized carbons (Fsp3) is 0.650. The number of hydrogen-bond donors (Lipinski definition) is 1. The lowest BCUT2D eigenvalue weighted by Gasteiger charge is -2.31. The second-order valence-electron chi connectivity index (χ2n) is 6.74. The molecule has 0 aromatic heterocycles. The summed E-state index contributed by atoms with van der Waals surface area (Å²) in [4.78, 5) is 7.16. The van der Waals surface area contributed by atoms with Gasteiger partial charge in [-0.05, 0) is 43.7 Å². The van der Waals surface area contributed by atoms with Gasteiger partial charge in [0.15, 0.2) is 5.96 Å². The molecule has 0 amide bonds. The largest absolute Gasteiger partial charge is 0.379 e. The molecule has 3 rings (SSSR count). The lowest BCUT2D eigenvalue weighted by atomic mass is 10.0. The molecule has 5 nitrogen and oxygen atoms in total. The first kappa shape index (κ1) is 21.4. The maximum Gasteiger partial charge on any atom is 0.194 e. The molecule has 1 aromatic carbocycles. The molecule has 26 heavy (non-hydrogen) atoms. The van der Waals surface area contributed by atoms with Gasteiger partial charge in [0.1, 0.15) is 0 Å². The highest BCUT2D eigenvalue weighted by molar-refractivity contribution is 14.0. The van der Waals surface area contributed by atoms with Crippen molar-refractivity contribution in [3.8, 4) is 0 Å². The van der Waals surface area contributed by atoms with Crippen molar-refractivity contribution in [1.29, 1.82) is 0 Å². The number of fused-ring (bicyclic) bond motifs is 1. The Hall–Kier alpha value is -0.860. The highest BCUT2D eigenvalue weighted by Gasteiger charge is 2.18. The highest BCUT2D eigenvalue weighted by atomic mass is 127. The molecule has 2 aliphatic rings. The number of nitrogens with zero attached hydrogens (tertiary/aromatic N) is 2. The van der Waals surface area contributed by atoms with Gasteiger partial charge in [0.25, 0.3) is 0 Å². The number of aliphatic imine (C=N–C) groups is 1. The summed E-state index contributed by atoms with van der Waals surface area (Å²) >= 11 is 0. The van der Waals surface area contributed by atoms with Gasteiger partial charge in [0.2, 0.25) is 0 Å². The van der Waals surface area contributed by atoms with Crippen LogP contribution in [0.1, 0.15) is 37.3 Å². The molecule has 1 saturated heterocycles. The molecule has 2 heterocycles. The number of guanidine groups is 1. The third-order valence-corrected chi connectivity index (χ3v) is 4.80. The zero-order chi connectivity index (χ0) is 17.3. The van der Waals surface area contributed by atoms with Gasteiger partial charge in [0, 0.05) is 39.4 Å². The van der Waals surface area contributed by atoms with Crippen LogP contribution < -0.4 is 5.32 Å². The predicted octanol–water partition coefficient (Wildman–Crippen LogP) is 3.21. The van der Waals surface area contributed by atoms with Crippen LogP contribution in [0.25, 0.3) is 0 Å². The molecule has 1 aromatic rings. The Morgan fingerprint density at radius 3 is 2.96 bits per heavy atom. The summed E-state index contributed by atoms with van der Waals surface area (Å²) in [6.07, 6.45) is 4.66. The first-order valence-electron chi connectivity index (χ1n) is 9.66. The molecule has 0 spiro atoms. The van der Waals surface area contributed by atoms with E-state index < -0.39 is 0 Å². The van der Waals surface area contributed by atoms with Crippen molar-refractivity contribution in [1.82, 2.24) is 10.2 Å². The van der Waals surface area contributed by atoms with Gasteiger partial charge in [-0.25, -0.2) is 0 Å². The Morgan fingerprint density at radius 1 is 1.35 bits per heavy atom. The number of nitrogens with one attached hydrogen (secondary N) is 1. The van der Waals surface area contributed by atoms with Crippen LogP contribution in [-0.2, 0) is 22.4 Å². The number of ether oxygens (including phenoxy) is 2. The molecular formula is C20H32IN3O2. The molecule has 1 unspecified atom stereocenters. The molecule has 2 aliphatic heterocycles. The number of hydrogen-bond acceptors (Lipinski definition) is 3. The van der Waals surface area contributed by atoms with Crippen LogP contribution >= 0.6 is 24.0 Å². The van der Waals surface area contributed by atoms with Gasteiger partial charge >= 0.3 is 0 Å². The maximum absolute atomic E-state index is 5.72. The fourth-order valence-corrected chi connectivity index (χ4v) is 3.44. The summed E-state index contributed by atoms with van der Waals surface area (Å²) in [7, 11) is 0. The Balaban J connectivity index is 0.00000243. The summed E-state index contributed by atoms with van der Waals surface area (Å²) in [6.45, 7) is 8.16. The molecule has 1 fully saturated rings. The van der Waals surface area contributed by atoms with Crippen LogP contribution in [-0.4, -0.2) is 56.4 Å². The van der Waals surface area contributed by atoms with Gasteiger partial charge in [-0.15, -0.1) is 24.0 Å². The van der Waals surface area contributed by atoms with E-state index in [1.54, 1.807) is 0 Å². The third-order valence-electron chi connectivity index (χ3n) is 4.80. The van der Waals surface area contributed by atoms with E-state index in [1.165, 1.54) is 17.5 Å². The van der Waals surface area contributed by atoms with E-state index in [2.05, 4.69) is 41.4 Å². The van der Waals surface area contributed by atoms with E-state index >= 15 is 0 Å². The van der Waals surface area contributed by atoms with E-state index in [1.807, 2.05) is 0 Å². The van der Waals surface area contributed by atoms with Crippen molar-refractivity contribution < 1.29 is 9.47 Å². The quantitative estimate of drug-likeness (QED) is 0.286. The molecule has 146 valence electrons. The van der Waals surface area contributed by atoms with Crippen molar-refractivity contribution >= 4 is 29.9 Å². The molecule has 1 atom stereocenters. The third kappa shape index (κ3) is 6.39. The van der Waals surface area contributed by atoms with Crippen LogP contribution in [0.15, 0.2) is 29.3 Å². The summed E-state index contributed by atoms with van der Waals surface area (Å²) in [6, 6.07) is 8.72. The Labute approximate surface area is 174 Å². The lowest BCUT2D eigenvalue weighted by molar-refractivity contribution is 0.0170. The van der Waals surface area contributed by atoms with E-state index in [0.717, 1.165) is 71.2 Å². The van der Waals surface area contributed by atoms with E-state index in [4.69, 9.17) is 14.5 Å². The van der Waals surface area contributed by atoms with Gasteiger partial charge in [-0.1, -0.05) is 24.3 Å². The molecule has 6 heteroatoms. The van der Waals surface area contributed by atoms with Crippen molar-refractivity contribution in [2.24, 2.45) is 4.99 Å². The second-order valence-corrected chi connectivity index (χ2v) is 6.74. The standard InChI is InChI=1S/C20H31N3O2.HI/c1-2-21-20(22-11-6-13-24-16-19-9-5-14-25-19)23-12-10-17-7-3-4-8-18(17)15-23;/h3-4,7-8,19H,2,5-6,9-16H2,1H3,(H,21,22);1H. The molecule has 0 bridgehead atoms. The number of halogens is 1. The van der Waals surface area contributed by atoms with Crippen LogP contribution in [0.5, 0.6) is 0 Å². The minimum Gasteiger partial charge on any atom is -0.379 e. The number of rotatable bonds is 7. The minimum atomic E-state index is 0. The summed E-state index contributed by atoms with van der Waals surface area (Å²) in [5.41, 5.74) is 2.89. The zero-order valence-electron chi connectivity index (χ0n) is 15.8. The lowest BCUT2D eigenvalue weighted by Crippen LogP contribution is -2.44. The average Bonchev–Trinajstić information content (AvgIpc) is 3.16. The predicted molar refractivity (Wildman–Crippen MR) is 116 cm³/mol. The molecule has 0 radical (unpaired) electrons. The molecule has 1 N–H and O–H groups in total. The fourth-order valence-electron chi connectivity index (χ4n) is 3.44. The summed E-state index contributed by atoms with van der Waals surface area (Å²) < 4.78 is 11.3. The molecule has 0 saturated carbocycles. The SMILES string of the molecule is CCNC(=NCCCOCC1CCCO1)N1CCc2ccccc2C1.I. The van der Waals surface area contributed by atoms with Crippen molar-refractivity contribution in [3.05, 3.63) is 35.4 Å². The van der Waals surface area contributed by atoms with Crippen LogP contribution in [0.2, 0.25) is 0 Å². The molecular weight excluding hydrogens is 441 g/mol. The van der Waals surface area contributed by atoms with Crippen molar-refractivity contribution in [2.45, 2.75) is 45.3 Å². The molecule has 0 aliphatic carbocycles. The van der Waals surface area contributed by atoms with Gasteiger partial charge in [-0.2, -0.15) is 0 Å². The first-order chi connectivity index (χ1) is 12.4. The van der Waals surface area contributed by atoms with Crippen LogP contribution in [0.3, 0.4) is 0 Å². The van der Waals surface area contributed by atoms with Crippen LogP contribution in [0.4, 0.5) is 0 Å². The van der Waals surface area contributed by atoms with Crippen LogP contribution in [0, 0.1) is 0 Å². The maximum atomic E-state index is 5.72. The summed E-state index contributed by atoms with van der Waals surface area (Å²) in [5, 5.41) is 3.43. The smallest absolute Gasteiger partial charge is 0.194 e. The van der Waals surface area contributed by atoms with Gasteiger partial charge in [0.05, 0.1) is 12.7 Å². The monoisotopic (exact) mass is 473 g/mol. The number of benzene rings is 1. The normalized spacial score (nSPS) is 19.8. The Kier molecular flexibility index (Phi) is 9.71. The van der Waals surface area contributed by atoms with Crippen molar-refractivity contribution in [2.75, 3.05) is 39.5 Å². The topological polar surface area (TPSA) is 46.1 Å². The van der Waals surface area contributed by atoms with E-state index in [0.29, 0.717) is 6.10 Å². The zero-order valence-corrected chi connectivity index (χ0v) is 18.1. The minimum absolute atomic E-state index is 0. The van der Waals surface area contributed by atoms with Gasteiger partial charge < -0.3 is 19.7 Å². The Bertz CT molecular complexity index is 562. The van der Waals surface area contributed by atoms with Crippen molar-refractivity contribution in [3.63, 3.8) is 0 Å². The Morgan fingerprint density at radius 2 is 2.19 bits per heavy atom. The van der Waals surface area contributed by atoms with Gasteiger partial charge in [-0.3, -0.25) is 4.99 Å². The first-order valence-corrected chi connectivity index (χ1v) is 9.66. The second kappa shape index (κ2) is 11.8. The van der Waals surface area contributed by atoms with E-state index in [9.17, 15) is 0 Å². The highest BCUT2D eigenvalue weighted by Crippen LogP contribution is 2.18. The van der Waals surface area contributed by atoms with E-state index in [-0.39, 0.29) is 24.0 Å². The average molecular weight is 473 g/mol.